The Morgan fingerprint density at radius 3 is 2.74 bits per heavy atom. The number of aromatic amines is 1. The molecule has 1 saturated heterocycles. The van der Waals surface area contributed by atoms with Crippen molar-refractivity contribution in [1.29, 1.82) is 0 Å². The van der Waals surface area contributed by atoms with Crippen LogP contribution in [0.15, 0.2) is 0 Å². The number of nitrogens with one attached hydrogen (secondary N) is 2. The molecule has 4 atom stereocenters. The highest BCUT2D eigenvalue weighted by Crippen LogP contribution is 2.37. The van der Waals surface area contributed by atoms with Gasteiger partial charge in [0.15, 0.2) is 0 Å². The van der Waals surface area contributed by atoms with Crippen molar-refractivity contribution in [2.45, 2.75) is 70.4 Å². The van der Waals surface area contributed by atoms with Crippen LogP contribution < -0.4 is 5.32 Å². The van der Waals surface area contributed by atoms with E-state index in [0.29, 0.717) is 31.1 Å². The standard InChI is InChI=1S/C20H30N4O3/c1-12(25)21-18-8-13-10-24(11-14(13)9-19(18)26)20(27)7-6-17-15-4-2-3-5-16(15)22-23-17/h13-14,18-19,26H,2-11H2,1H3,(H,21,25)(H,22,23)/t13-,14+,18-,19-/m1/s1. The SMILES string of the molecule is CC(=O)N[C@@H]1C[C@@H]2CN(C(=O)CCc3n[nH]c4c3CCCC4)C[C@@H]2C[C@H]1O. The van der Waals surface area contributed by atoms with Crippen molar-refractivity contribution in [2.24, 2.45) is 11.8 Å². The molecule has 3 N–H and O–H groups in total. The summed E-state index contributed by atoms with van der Waals surface area (Å²) < 4.78 is 0. The third-order valence-electron chi connectivity index (χ3n) is 6.60. The number of nitrogens with zero attached hydrogens (tertiary/aromatic N) is 2. The van der Waals surface area contributed by atoms with E-state index in [1.165, 1.54) is 31.0 Å². The van der Waals surface area contributed by atoms with Gasteiger partial charge in [-0.15, -0.1) is 0 Å². The smallest absolute Gasteiger partial charge is 0.222 e. The van der Waals surface area contributed by atoms with Gasteiger partial charge in [-0.05, 0) is 55.9 Å². The summed E-state index contributed by atoms with van der Waals surface area (Å²) in [4.78, 5) is 26.0. The first-order chi connectivity index (χ1) is 13.0. The maximum atomic E-state index is 12.7. The Labute approximate surface area is 159 Å². The molecule has 2 amide bonds. The monoisotopic (exact) mass is 374 g/mol. The number of carbonyl (C=O) groups is 2. The van der Waals surface area contributed by atoms with E-state index in [1.807, 2.05) is 4.90 Å². The minimum atomic E-state index is -0.513. The van der Waals surface area contributed by atoms with Gasteiger partial charge in [0.1, 0.15) is 0 Å². The lowest BCUT2D eigenvalue weighted by Gasteiger charge is -2.35. The number of hydrogen-bond acceptors (Lipinski definition) is 4. The van der Waals surface area contributed by atoms with Crippen LogP contribution >= 0.6 is 0 Å². The second kappa shape index (κ2) is 7.62. The van der Waals surface area contributed by atoms with Crippen molar-refractivity contribution in [2.75, 3.05) is 13.1 Å². The molecule has 3 aliphatic rings. The quantitative estimate of drug-likeness (QED) is 0.731. The number of carbonyl (C=O) groups excluding carboxylic acids is 2. The van der Waals surface area contributed by atoms with Gasteiger partial charge in [-0.1, -0.05) is 0 Å². The van der Waals surface area contributed by atoms with Crippen molar-refractivity contribution in [3.8, 4) is 0 Å². The highest BCUT2D eigenvalue weighted by atomic mass is 16.3. The summed E-state index contributed by atoms with van der Waals surface area (Å²) in [6.45, 7) is 2.95. The van der Waals surface area contributed by atoms with Crippen LogP contribution in [0.4, 0.5) is 0 Å². The largest absolute Gasteiger partial charge is 0.391 e. The van der Waals surface area contributed by atoms with Gasteiger partial charge in [0, 0.05) is 38.5 Å². The Bertz CT molecular complexity index is 716. The van der Waals surface area contributed by atoms with Crippen LogP contribution in [0.5, 0.6) is 0 Å². The van der Waals surface area contributed by atoms with Crippen molar-refractivity contribution in [1.82, 2.24) is 20.4 Å². The van der Waals surface area contributed by atoms with Crippen molar-refractivity contribution in [3.63, 3.8) is 0 Å². The average molecular weight is 374 g/mol. The predicted octanol–water partition coefficient (Wildman–Crippen LogP) is 0.955. The summed E-state index contributed by atoms with van der Waals surface area (Å²) in [7, 11) is 0. The van der Waals surface area contributed by atoms with E-state index >= 15 is 0 Å². The van der Waals surface area contributed by atoms with Gasteiger partial charge >= 0.3 is 0 Å². The number of aromatic nitrogens is 2. The molecule has 7 heteroatoms. The molecule has 2 aliphatic carbocycles. The van der Waals surface area contributed by atoms with Gasteiger partial charge in [-0.3, -0.25) is 14.7 Å². The van der Waals surface area contributed by atoms with Gasteiger partial charge in [-0.2, -0.15) is 5.10 Å². The van der Waals surface area contributed by atoms with Crippen molar-refractivity contribution in [3.05, 3.63) is 17.0 Å². The van der Waals surface area contributed by atoms with Crippen LogP contribution in [0.1, 0.15) is 56.0 Å². The molecular weight excluding hydrogens is 344 g/mol. The Morgan fingerprint density at radius 2 is 1.96 bits per heavy atom. The van der Waals surface area contributed by atoms with Crippen LogP contribution in [0.25, 0.3) is 0 Å². The highest BCUT2D eigenvalue weighted by molar-refractivity contribution is 5.77. The van der Waals surface area contributed by atoms with Crippen molar-refractivity contribution < 1.29 is 14.7 Å². The van der Waals surface area contributed by atoms with E-state index in [4.69, 9.17) is 0 Å². The van der Waals surface area contributed by atoms with Crippen LogP contribution in [-0.4, -0.2) is 57.3 Å². The second-order valence-corrected chi connectivity index (χ2v) is 8.50. The summed E-state index contributed by atoms with van der Waals surface area (Å²) in [5.74, 6) is 0.785. The fourth-order valence-electron chi connectivity index (χ4n) is 5.19. The molecule has 7 nitrogen and oxygen atoms in total. The van der Waals surface area contributed by atoms with E-state index in [1.54, 1.807) is 0 Å². The number of fused-ring (bicyclic) bond motifs is 2. The lowest BCUT2D eigenvalue weighted by molar-refractivity contribution is -0.130. The van der Waals surface area contributed by atoms with Crippen LogP contribution in [0.2, 0.25) is 0 Å². The lowest BCUT2D eigenvalue weighted by atomic mass is 9.77. The Balaban J connectivity index is 1.32. The molecule has 0 unspecified atom stereocenters. The van der Waals surface area contributed by atoms with E-state index in [9.17, 15) is 14.7 Å². The number of aryl methyl sites for hydroxylation is 2. The van der Waals surface area contributed by atoms with Gasteiger partial charge in [0.05, 0.1) is 17.8 Å². The summed E-state index contributed by atoms with van der Waals surface area (Å²) >= 11 is 0. The zero-order chi connectivity index (χ0) is 19.0. The topological polar surface area (TPSA) is 98.3 Å². The predicted molar refractivity (Wildman–Crippen MR) is 100.0 cm³/mol. The first kappa shape index (κ1) is 18.5. The minimum Gasteiger partial charge on any atom is -0.391 e. The molecule has 0 radical (unpaired) electrons. The van der Waals surface area contributed by atoms with Gasteiger partial charge in [0.25, 0.3) is 0 Å². The molecule has 0 bridgehead atoms. The molecule has 2 heterocycles. The molecule has 1 aromatic rings. The number of aliphatic hydroxyl groups is 1. The summed E-state index contributed by atoms with van der Waals surface area (Å²) in [5.41, 5.74) is 3.66. The number of likely N-dealkylation sites (tertiary alicyclic amines) is 1. The molecule has 148 valence electrons. The first-order valence-electron chi connectivity index (χ1n) is 10.3. The lowest BCUT2D eigenvalue weighted by Crippen LogP contribution is -2.48. The first-order valence-corrected chi connectivity index (χ1v) is 10.3. The maximum absolute atomic E-state index is 12.7. The summed E-state index contributed by atoms with van der Waals surface area (Å²) in [5, 5.41) is 20.8. The van der Waals surface area contributed by atoms with Crippen LogP contribution in [-0.2, 0) is 28.9 Å². The fraction of sp³-hybridized carbons (Fsp3) is 0.750. The molecule has 27 heavy (non-hydrogen) atoms. The Kier molecular flexibility index (Phi) is 5.21. The molecular formula is C20H30N4O3. The number of aliphatic hydroxyl groups excluding tert-OH is 1. The van der Waals surface area contributed by atoms with Crippen LogP contribution in [0, 0.1) is 11.8 Å². The van der Waals surface area contributed by atoms with Gasteiger partial charge < -0.3 is 15.3 Å². The van der Waals surface area contributed by atoms with E-state index in [-0.39, 0.29) is 17.9 Å². The van der Waals surface area contributed by atoms with E-state index < -0.39 is 6.10 Å². The third-order valence-corrected chi connectivity index (χ3v) is 6.60. The third kappa shape index (κ3) is 3.88. The zero-order valence-corrected chi connectivity index (χ0v) is 16.0. The number of rotatable bonds is 4. The Morgan fingerprint density at radius 1 is 1.22 bits per heavy atom. The molecule has 1 aliphatic heterocycles. The minimum absolute atomic E-state index is 0.106. The second-order valence-electron chi connectivity index (χ2n) is 8.50. The molecule has 1 saturated carbocycles. The maximum Gasteiger partial charge on any atom is 0.222 e. The normalized spacial score (nSPS) is 29.9. The molecule has 0 spiro atoms. The zero-order valence-electron chi connectivity index (χ0n) is 16.0. The van der Waals surface area contributed by atoms with Gasteiger partial charge in [0.2, 0.25) is 11.8 Å². The molecule has 1 aromatic heterocycles. The molecule has 4 rings (SSSR count). The average Bonchev–Trinajstić information content (AvgIpc) is 3.23. The van der Waals surface area contributed by atoms with E-state index in [0.717, 1.165) is 38.0 Å². The van der Waals surface area contributed by atoms with E-state index in [2.05, 4.69) is 15.5 Å². The molecule has 2 fully saturated rings. The highest BCUT2D eigenvalue weighted by Gasteiger charge is 2.43. The Hall–Kier alpha value is -1.89. The van der Waals surface area contributed by atoms with Crippen LogP contribution in [0.3, 0.4) is 0 Å². The number of H-pyrrole nitrogens is 1. The summed E-state index contributed by atoms with van der Waals surface area (Å²) in [6, 6.07) is -0.186. The molecule has 0 aromatic carbocycles. The summed E-state index contributed by atoms with van der Waals surface area (Å²) in [6.07, 6.45) is 6.67. The number of hydrogen-bond donors (Lipinski definition) is 3. The van der Waals surface area contributed by atoms with Gasteiger partial charge in [-0.25, -0.2) is 0 Å². The fourth-order valence-corrected chi connectivity index (χ4v) is 5.19. The van der Waals surface area contributed by atoms with Crippen molar-refractivity contribution >= 4 is 11.8 Å². The number of amides is 2.